The van der Waals surface area contributed by atoms with E-state index < -0.39 is 0 Å². The fourth-order valence-corrected chi connectivity index (χ4v) is 3.16. The number of hydrogen-bond acceptors (Lipinski definition) is 6. The third-order valence-electron chi connectivity index (χ3n) is 3.60. The van der Waals surface area contributed by atoms with Crippen molar-refractivity contribution in [3.8, 4) is 16.5 Å². The first-order valence-corrected chi connectivity index (χ1v) is 8.31. The standard InChI is InChI=1S/C18H13N3O3S/c1-23-12-4-2-11(3-5-12)17(22)21-16-7-6-15(25-16)18-20-13-8-9-19-10-14(13)24-18/h2-10H,1H3,(H,21,22). The first-order chi connectivity index (χ1) is 12.2. The molecular formula is C18H13N3O3S. The van der Waals surface area contributed by atoms with Gasteiger partial charge < -0.3 is 14.5 Å². The molecule has 0 atom stereocenters. The average Bonchev–Trinajstić information content (AvgIpc) is 3.28. The fraction of sp³-hybridized carbons (Fsp3) is 0.0556. The van der Waals surface area contributed by atoms with Crippen molar-refractivity contribution in [3.05, 3.63) is 60.4 Å². The second-order valence-electron chi connectivity index (χ2n) is 5.21. The lowest BCUT2D eigenvalue weighted by Crippen LogP contribution is -2.10. The number of amides is 1. The van der Waals surface area contributed by atoms with Crippen molar-refractivity contribution in [1.29, 1.82) is 0 Å². The summed E-state index contributed by atoms with van der Waals surface area (Å²) >= 11 is 1.40. The predicted octanol–water partition coefficient (Wildman–Crippen LogP) is 4.21. The number of anilines is 1. The van der Waals surface area contributed by atoms with Crippen LogP contribution in [0.1, 0.15) is 10.4 Å². The molecule has 7 heteroatoms. The summed E-state index contributed by atoms with van der Waals surface area (Å²) in [6.45, 7) is 0. The Kier molecular flexibility index (Phi) is 3.91. The van der Waals surface area contributed by atoms with Gasteiger partial charge in [-0.25, -0.2) is 4.98 Å². The van der Waals surface area contributed by atoms with Crippen molar-refractivity contribution >= 4 is 33.3 Å². The van der Waals surface area contributed by atoms with Crippen LogP contribution in [0.4, 0.5) is 5.00 Å². The smallest absolute Gasteiger partial charge is 0.256 e. The number of aromatic nitrogens is 2. The Hall–Kier alpha value is -3.19. The van der Waals surface area contributed by atoms with Gasteiger partial charge in [0.25, 0.3) is 5.91 Å². The van der Waals surface area contributed by atoms with Crippen molar-refractivity contribution in [2.75, 3.05) is 12.4 Å². The lowest BCUT2D eigenvalue weighted by atomic mass is 10.2. The highest BCUT2D eigenvalue weighted by Gasteiger charge is 2.13. The minimum absolute atomic E-state index is 0.183. The van der Waals surface area contributed by atoms with Crippen LogP contribution >= 0.6 is 11.3 Å². The fourth-order valence-electron chi connectivity index (χ4n) is 2.33. The van der Waals surface area contributed by atoms with E-state index in [1.807, 2.05) is 12.1 Å². The highest BCUT2D eigenvalue weighted by molar-refractivity contribution is 7.19. The number of thiophene rings is 1. The van der Waals surface area contributed by atoms with E-state index in [1.165, 1.54) is 11.3 Å². The Morgan fingerprint density at radius 1 is 1.16 bits per heavy atom. The molecule has 0 aliphatic heterocycles. The van der Waals surface area contributed by atoms with Crippen LogP contribution in [0.25, 0.3) is 21.9 Å². The number of rotatable bonds is 4. The molecule has 3 aromatic heterocycles. The van der Waals surface area contributed by atoms with Crippen LogP contribution < -0.4 is 10.1 Å². The van der Waals surface area contributed by atoms with E-state index in [-0.39, 0.29) is 5.91 Å². The molecule has 0 aliphatic carbocycles. The molecule has 1 amide bonds. The van der Waals surface area contributed by atoms with E-state index in [4.69, 9.17) is 9.15 Å². The Labute approximate surface area is 147 Å². The number of hydrogen-bond donors (Lipinski definition) is 1. The van der Waals surface area contributed by atoms with Gasteiger partial charge in [0.1, 0.15) is 11.3 Å². The monoisotopic (exact) mass is 351 g/mol. The van der Waals surface area contributed by atoms with E-state index in [0.29, 0.717) is 22.8 Å². The molecule has 1 aromatic carbocycles. The largest absolute Gasteiger partial charge is 0.497 e. The second-order valence-corrected chi connectivity index (χ2v) is 6.29. The number of nitrogens with one attached hydrogen (secondary N) is 1. The van der Waals surface area contributed by atoms with Crippen molar-refractivity contribution in [1.82, 2.24) is 9.97 Å². The second kappa shape index (κ2) is 6.37. The highest BCUT2D eigenvalue weighted by Crippen LogP contribution is 2.32. The Bertz CT molecular complexity index is 1000. The number of benzene rings is 1. The van der Waals surface area contributed by atoms with E-state index >= 15 is 0 Å². The molecule has 0 unspecified atom stereocenters. The predicted molar refractivity (Wildman–Crippen MR) is 96.1 cm³/mol. The van der Waals surface area contributed by atoms with Gasteiger partial charge in [0.15, 0.2) is 5.58 Å². The number of fused-ring (bicyclic) bond motifs is 1. The van der Waals surface area contributed by atoms with Gasteiger partial charge in [0.2, 0.25) is 5.89 Å². The molecule has 0 bridgehead atoms. The van der Waals surface area contributed by atoms with Gasteiger partial charge in [0, 0.05) is 11.8 Å². The molecule has 1 N–H and O–H groups in total. The maximum Gasteiger partial charge on any atom is 0.256 e. The summed E-state index contributed by atoms with van der Waals surface area (Å²) in [6.07, 6.45) is 3.30. The molecule has 0 saturated heterocycles. The number of methoxy groups -OCH3 is 1. The summed E-state index contributed by atoms with van der Waals surface area (Å²) in [5.74, 6) is 1.04. The van der Waals surface area contributed by atoms with Crippen LogP contribution in [-0.2, 0) is 0 Å². The summed E-state index contributed by atoms with van der Waals surface area (Å²) in [5, 5.41) is 3.60. The minimum Gasteiger partial charge on any atom is -0.497 e. The molecule has 0 aliphatic rings. The van der Waals surface area contributed by atoms with E-state index in [9.17, 15) is 4.79 Å². The number of pyridine rings is 1. The summed E-state index contributed by atoms with van der Waals surface area (Å²) in [6, 6.07) is 12.4. The zero-order valence-electron chi connectivity index (χ0n) is 13.2. The minimum atomic E-state index is -0.183. The molecule has 0 fully saturated rings. The molecule has 0 radical (unpaired) electrons. The summed E-state index contributed by atoms with van der Waals surface area (Å²) in [4.78, 5) is 21.6. The van der Waals surface area contributed by atoms with Crippen LogP contribution in [0.3, 0.4) is 0 Å². The third kappa shape index (κ3) is 3.09. The molecular weight excluding hydrogens is 338 g/mol. The molecule has 6 nitrogen and oxygen atoms in total. The normalized spacial score (nSPS) is 10.8. The number of oxazole rings is 1. The molecule has 25 heavy (non-hydrogen) atoms. The van der Waals surface area contributed by atoms with Crippen LogP contribution in [0.5, 0.6) is 5.75 Å². The average molecular weight is 351 g/mol. The van der Waals surface area contributed by atoms with Crippen molar-refractivity contribution in [2.45, 2.75) is 0 Å². The summed E-state index contributed by atoms with van der Waals surface area (Å²) in [5.41, 5.74) is 1.95. The number of ether oxygens (including phenoxy) is 1. The van der Waals surface area contributed by atoms with Gasteiger partial charge in [-0.2, -0.15) is 0 Å². The summed E-state index contributed by atoms with van der Waals surface area (Å²) < 4.78 is 10.8. The summed E-state index contributed by atoms with van der Waals surface area (Å²) in [7, 11) is 1.59. The molecule has 124 valence electrons. The third-order valence-corrected chi connectivity index (χ3v) is 4.59. The van der Waals surface area contributed by atoms with Crippen LogP contribution in [0.2, 0.25) is 0 Å². The van der Waals surface area contributed by atoms with Gasteiger partial charge in [0.05, 0.1) is 23.2 Å². The maximum absolute atomic E-state index is 12.3. The highest BCUT2D eigenvalue weighted by atomic mass is 32.1. The number of nitrogens with zero attached hydrogens (tertiary/aromatic N) is 2. The van der Waals surface area contributed by atoms with Crippen LogP contribution in [0.15, 0.2) is 59.3 Å². The molecule has 4 rings (SSSR count). The van der Waals surface area contributed by atoms with Crippen molar-refractivity contribution in [2.24, 2.45) is 0 Å². The Morgan fingerprint density at radius 2 is 2.00 bits per heavy atom. The Morgan fingerprint density at radius 3 is 2.76 bits per heavy atom. The first-order valence-electron chi connectivity index (χ1n) is 7.49. The van der Waals surface area contributed by atoms with Crippen LogP contribution in [0, 0.1) is 0 Å². The number of carbonyl (C=O) groups excluding carboxylic acids is 1. The maximum atomic E-state index is 12.3. The van der Waals surface area contributed by atoms with E-state index in [0.717, 1.165) is 15.4 Å². The lowest BCUT2D eigenvalue weighted by Gasteiger charge is -2.03. The molecule has 0 spiro atoms. The zero-order chi connectivity index (χ0) is 17.2. The molecule has 0 saturated carbocycles. The van der Waals surface area contributed by atoms with Crippen LogP contribution in [-0.4, -0.2) is 23.0 Å². The van der Waals surface area contributed by atoms with E-state index in [2.05, 4.69) is 15.3 Å². The van der Waals surface area contributed by atoms with Gasteiger partial charge in [-0.3, -0.25) is 9.78 Å². The topological polar surface area (TPSA) is 77.2 Å². The van der Waals surface area contributed by atoms with Gasteiger partial charge >= 0.3 is 0 Å². The SMILES string of the molecule is COc1ccc(C(=O)Nc2ccc(-c3nc4ccncc4o3)s2)cc1. The van der Waals surface area contributed by atoms with Gasteiger partial charge in [-0.05, 0) is 42.5 Å². The molecule has 3 heterocycles. The molecule has 4 aromatic rings. The van der Waals surface area contributed by atoms with E-state index in [1.54, 1.807) is 49.8 Å². The zero-order valence-corrected chi connectivity index (χ0v) is 14.0. The van der Waals surface area contributed by atoms with Crippen molar-refractivity contribution < 1.29 is 13.9 Å². The number of carbonyl (C=O) groups is 1. The van der Waals surface area contributed by atoms with Gasteiger partial charge in [-0.15, -0.1) is 11.3 Å². The Balaban J connectivity index is 1.53. The quantitative estimate of drug-likeness (QED) is 0.596. The first kappa shape index (κ1) is 15.3. The van der Waals surface area contributed by atoms with Crippen molar-refractivity contribution in [3.63, 3.8) is 0 Å². The van der Waals surface area contributed by atoms with Gasteiger partial charge in [-0.1, -0.05) is 0 Å². The lowest BCUT2D eigenvalue weighted by molar-refractivity contribution is 0.102.